The van der Waals surface area contributed by atoms with E-state index >= 15 is 0 Å². The van der Waals surface area contributed by atoms with Gasteiger partial charge in [-0.2, -0.15) is 0 Å². The Morgan fingerprint density at radius 2 is 1.68 bits per heavy atom. The Morgan fingerprint density at radius 3 is 2.32 bits per heavy atom. The lowest BCUT2D eigenvalue weighted by Crippen LogP contribution is -2.26. The van der Waals surface area contributed by atoms with Gasteiger partial charge in [0.25, 0.3) is 0 Å². The third-order valence-electron chi connectivity index (χ3n) is 4.29. The smallest absolute Gasteiger partial charge is 0.170 e. The maximum atomic E-state index is 12.2. The van der Waals surface area contributed by atoms with E-state index in [0.29, 0.717) is 6.42 Å². The summed E-state index contributed by atoms with van der Waals surface area (Å²) in [6.45, 7) is 1.73. The lowest BCUT2D eigenvalue weighted by molar-refractivity contribution is -0.124. The molecule has 1 saturated carbocycles. The van der Waals surface area contributed by atoms with Crippen LogP contribution < -0.4 is 0 Å². The van der Waals surface area contributed by atoms with Gasteiger partial charge in [0.2, 0.25) is 0 Å². The number of carbonyl (C=O) groups is 2. The zero-order valence-electron chi connectivity index (χ0n) is 12.5. The summed E-state index contributed by atoms with van der Waals surface area (Å²) in [4.78, 5) is 24.4. The summed E-state index contributed by atoms with van der Waals surface area (Å²) in [5, 5.41) is 12.0. The van der Waals surface area contributed by atoms with Crippen molar-refractivity contribution >= 4 is 22.3 Å². The monoisotopic (exact) mass is 294 g/mol. The first kappa shape index (κ1) is 14.5. The van der Waals surface area contributed by atoms with Gasteiger partial charge >= 0.3 is 0 Å². The van der Waals surface area contributed by atoms with Crippen molar-refractivity contribution in [1.82, 2.24) is 0 Å². The second-order valence-electron chi connectivity index (χ2n) is 5.73. The van der Waals surface area contributed by atoms with Crippen LogP contribution >= 0.6 is 0 Å². The van der Waals surface area contributed by atoms with E-state index in [2.05, 4.69) is 6.07 Å². The highest BCUT2D eigenvalue weighted by atomic mass is 16.3. The predicted molar refractivity (Wildman–Crippen MR) is 85.9 cm³/mol. The molecule has 1 fully saturated rings. The summed E-state index contributed by atoms with van der Waals surface area (Å²) >= 11 is 0. The molecule has 1 N–H and O–H groups in total. The molecule has 0 saturated heterocycles. The standard InChI is InChI=1S/C19H18O3/c1-2-16(20)19-17(21)10-15(11-18(19)22)14-8-7-12-5-3-4-6-13(12)9-14/h3-9,15,20H,2,10-11H2,1H3. The molecule has 0 aromatic heterocycles. The zero-order chi connectivity index (χ0) is 15.7. The van der Waals surface area contributed by atoms with Crippen LogP contribution in [-0.2, 0) is 9.59 Å². The molecule has 22 heavy (non-hydrogen) atoms. The van der Waals surface area contributed by atoms with Crippen LogP contribution in [0.2, 0.25) is 0 Å². The summed E-state index contributed by atoms with van der Waals surface area (Å²) in [7, 11) is 0. The molecule has 0 atom stereocenters. The van der Waals surface area contributed by atoms with Gasteiger partial charge in [0.15, 0.2) is 11.6 Å². The molecule has 0 spiro atoms. The van der Waals surface area contributed by atoms with E-state index in [0.717, 1.165) is 16.3 Å². The average Bonchev–Trinajstić information content (AvgIpc) is 2.53. The Morgan fingerprint density at radius 1 is 1.05 bits per heavy atom. The number of carbonyl (C=O) groups excluding carboxylic acids is 2. The predicted octanol–water partition coefficient (Wildman–Crippen LogP) is 4.08. The molecule has 0 amide bonds. The number of aliphatic hydroxyl groups is 1. The molecule has 3 nitrogen and oxygen atoms in total. The lowest BCUT2D eigenvalue weighted by Gasteiger charge is -2.23. The molecule has 2 aromatic carbocycles. The Bertz CT molecular complexity index is 766. The minimum atomic E-state index is -0.242. The molecular weight excluding hydrogens is 276 g/mol. The van der Waals surface area contributed by atoms with Crippen LogP contribution in [0.4, 0.5) is 0 Å². The summed E-state index contributed by atoms with van der Waals surface area (Å²) in [5.74, 6) is -0.660. The third-order valence-corrected chi connectivity index (χ3v) is 4.29. The maximum Gasteiger partial charge on any atom is 0.170 e. The molecule has 3 heteroatoms. The molecule has 0 radical (unpaired) electrons. The van der Waals surface area contributed by atoms with Gasteiger partial charge in [-0.15, -0.1) is 0 Å². The number of aliphatic hydroxyl groups excluding tert-OH is 1. The van der Waals surface area contributed by atoms with E-state index in [4.69, 9.17) is 0 Å². The second-order valence-corrected chi connectivity index (χ2v) is 5.73. The highest BCUT2D eigenvalue weighted by Gasteiger charge is 2.33. The second kappa shape index (κ2) is 5.76. The van der Waals surface area contributed by atoms with Crippen molar-refractivity contribution in [2.24, 2.45) is 0 Å². The van der Waals surface area contributed by atoms with E-state index in [1.807, 2.05) is 36.4 Å². The Labute approximate surface area is 129 Å². The fourth-order valence-corrected chi connectivity index (χ4v) is 3.08. The van der Waals surface area contributed by atoms with Crippen molar-refractivity contribution in [2.75, 3.05) is 0 Å². The Balaban J connectivity index is 1.93. The number of allylic oxidation sites excluding steroid dienone is 2. The van der Waals surface area contributed by atoms with Gasteiger partial charge in [0.05, 0.1) is 5.57 Å². The minimum absolute atomic E-state index is 0.0135. The molecule has 0 heterocycles. The summed E-state index contributed by atoms with van der Waals surface area (Å²) in [6.07, 6.45) is 0.875. The van der Waals surface area contributed by atoms with Crippen molar-refractivity contribution in [2.45, 2.75) is 32.1 Å². The van der Waals surface area contributed by atoms with E-state index in [9.17, 15) is 14.7 Å². The fourth-order valence-electron chi connectivity index (χ4n) is 3.08. The van der Waals surface area contributed by atoms with Gasteiger partial charge in [-0.25, -0.2) is 0 Å². The highest BCUT2D eigenvalue weighted by molar-refractivity contribution is 6.22. The average molecular weight is 294 g/mol. The van der Waals surface area contributed by atoms with Crippen molar-refractivity contribution in [3.63, 3.8) is 0 Å². The SMILES string of the molecule is CCC(O)=C1C(=O)CC(c2ccc3ccccc3c2)CC1=O. The van der Waals surface area contributed by atoms with Crippen molar-refractivity contribution in [3.05, 3.63) is 59.4 Å². The largest absolute Gasteiger partial charge is 0.511 e. The van der Waals surface area contributed by atoms with E-state index < -0.39 is 0 Å². The molecule has 3 rings (SSSR count). The van der Waals surface area contributed by atoms with Crippen LogP contribution in [0.3, 0.4) is 0 Å². The normalized spacial score (nSPS) is 18.8. The maximum absolute atomic E-state index is 12.2. The highest BCUT2D eigenvalue weighted by Crippen LogP contribution is 2.34. The third kappa shape index (κ3) is 2.54. The molecule has 1 aliphatic carbocycles. The summed E-state index contributed by atoms with van der Waals surface area (Å²) in [5.41, 5.74) is 1.02. The molecule has 0 unspecified atom stereocenters. The molecule has 1 aliphatic rings. The zero-order valence-corrected chi connectivity index (χ0v) is 12.5. The van der Waals surface area contributed by atoms with Crippen LogP contribution in [-0.4, -0.2) is 16.7 Å². The van der Waals surface area contributed by atoms with Gasteiger partial charge in [-0.05, 0) is 22.3 Å². The van der Waals surface area contributed by atoms with Crippen LogP contribution in [0.5, 0.6) is 0 Å². The molecule has 2 aromatic rings. The van der Waals surface area contributed by atoms with Gasteiger partial charge in [-0.1, -0.05) is 49.4 Å². The van der Waals surface area contributed by atoms with E-state index in [1.165, 1.54) is 0 Å². The minimum Gasteiger partial charge on any atom is -0.511 e. The number of benzene rings is 2. The number of ketones is 2. The lowest BCUT2D eigenvalue weighted by atomic mass is 9.79. The number of hydrogen-bond acceptors (Lipinski definition) is 3. The summed E-state index contributed by atoms with van der Waals surface area (Å²) < 4.78 is 0. The summed E-state index contributed by atoms with van der Waals surface area (Å²) in [6, 6.07) is 14.1. The van der Waals surface area contributed by atoms with E-state index in [-0.39, 0.29) is 41.7 Å². The van der Waals surface area contributed by atoms with Gasteiger partial charge in [0.1, 0.15) is 5.76 Å². The topological polar surface area (TPSA) is 54.4 Å². The quantitative estimate of drug-likeness (QED) is 0.516. The van der Waals surface area contributed by atoms with Crippen LogP contribution in [0, 0.1) is 0 Å². The first-order valence-corrected chi connectivity index (χ1v) is 7.57. The molecular formula is C19H18O3. The molecule has 0 bridgehead atoms. The fraction of sp³-hybridized carbons (Fsp3) is 0.263. The van der Waals surface area contributed by atoms with Crippen molar-refractivity contribution in [1.29, 1.82) is 0 Å². The van der Waals surface area contributed by atoms with Gasteiger partial charge in [-0.3, -0.25) is 9.59 Å². The van der Waals surface area contributed by atoms with Crippen LogP contribution in [0.15, 0.2) is 53.8 Å². The first-order chi connectivity index (χ1) is 10.6. The first-order valence-electron chi connectivity index (χ1n) is 7.57. The van der Waals surface area contributed by atoms with Crippen LogP contribution in [0.25, 0.3) is 10.8 Å². The van der Waals surface area contributed by atoms with Crippen molar-refractivity contribution in [3.8, 4) is 0 Å². The van der Waals surface area contributed by atoms with Crippen LogP contribution in [0.1, 0.15) is 37.7 Å². The molecule has 112 valence electrons. The van der Waals surface area contributed by atoms with Gasteiger partial charge in [0, 0.05) is 19.3 Å². The Hall–Kier alpha value is -2.42. The number of hydrogen-bond donors (Lipinski definition) is 1. The molecule has 0 aliphatic heterocycles. The number of fused-ring (bicyclic) bond motifs is 1. The number of rotatable bonds is 2. The number of Topliss-reactive ketones (excluding diaryl/α,β-unsaturated/α-hetero) is 2. The van der Waals surface area contributed by atoms with E-state index in [1.54, 1.807) is 6.92 Å². The van der Waals surface area contributed by atoms with Crippen molar-refractivity contribution < 1.29 is 14.7 Å². The Kier molecular flexibility index (Phi) is 3.80. The van der Waals surface area contributed by atoms with Gasteiger partial charge < -0.3 is 5.11 Å².